The number of unbranched alkanes of at least 4 members (excludes halogenated alkanes) is 60. The van der Waals surface area contributed by atoms with E-state index in [2.05, 4.69) is 76.3 Å². The third-order valence-corrected chi connectivity index (χ3v) is 23.7. The van der Waals surface area contributed by atoms with Crippen LogP contribution >= 0.6 is 0 Å². The fraction of sp³-hybridized carbons (Fsp3) is 0.760. The van der Waals surface area contributed by atoms with Crippen LogP contribution in [0.3, 0.4) is 0 Å². The fourth-order valence-corrected chi connectivity index (χ4v) is 15.5. The summed E-state index contributed by atoms with van der Waals surface area (Å²) in [5, 5.41) is 0. The molecule has 2 aromatic carbocycles. The van der Waals surface area contributed by atoms with Gasteiger partial charge in [0.1, 0.15) is 20.2 Å². The van der Waals surface area contributed by atoms with Crippen molar-refractivity contribution in [2.75, 3.05) is 26.4 Å². The first-order valence-electron chi connectivity index (χ1n) is 48.1. The molecular formula is C100H170CaO14S2. The summed E-state index contributed by atoms with van der Waals surface area (Å²) in [7, 11) is -9.64. The second-order valence-electron chi connectivity index (χ2n) is 32.9. The van der Waals surface area contributed by atoms with E-state index in [0.29, 0.717) is 25.7 Å². The quantitative estimate of drug-likeness (QED) is 0.0150. The summed E-state index contributed by atoms with van der Waals surface area (Å²) < 4.78 is 91.7. The minimum atomic E-state index is -4.82. The summed E-state index contributed by atoms with van der Waals surface area (Å²) in [6, 6.07) is 6.27. The zero-order valence-corrected chi connectivity index (χ0v) is 79.1. The molecule has 0 aliphatic rings. The fourth-order valence-electron chi connectivity index (χ4n) is 14.5. The Morgan fingerprint density at radius 1 is 0.231 bits per heavy atom. The van der Waals surface area contributed by atoms with E-state index in [1.165, 1.54) is 320 Å². The van der Waals surface area contributed by atoms with Crippen molar-refractivity contribution in [2.24, 2.45) is 0 Å². The van der Waals surface area contributed by atoms with Gasteiger partial charge in [0, 0.05) is 0 Å². The molecule has 668 valence electrons. The predicted molar refractivity (Wildman–Crippen MR) is 489 cm³/mol. The minimum Gasteiger partial charge on any atom is -0.744 e. The van der Waals surface area contributed by atoms with Gasteiger partial charge in [-0.15, -0.1) is 0 Å². The van der Waals surface area contributed by atoms with Gasteiger partial charge in [-0.3, -0.25) is 0 Å². The third kappa shape index (κ3) is 71.5. The number of carbonyl (C=O) groups excluding carboxylic acids is 4. The van der Waals surface area contributed by atoms with Gasteiger partial charge in [0.25, 0.3) is 0 Å². The van der Waals surface area contributed by atoms with Crippen molar-refractivity contribution in [3.8, 4) is 0 Å². The number of allylic oxidation sites excluding steroid dienone is 8. The Morgan fingerprint density at radius 2 is 0.376 bits per heavy atom. The largest absolute Gasteiger partial charge is 2.00 e. The molecule has 0 aliphatic carbocycles. The Labute approximate surface area is 747 Å². The molecule has 2 aromatic rings. The molecule has 0 saturated carbocycles. The molecule has 0 N–H and O–H groups in total. The number of carbonyl (C=O) groups is 4. The molecule has 0 spiro atoms. The molecule has 14 nitrogen and oxygen atoms in total. The Balaban J connectivity index is 0.00000228. The Kier molecular flexibility index (Phi) is 81.9. The zero-order valence-electron chi connectivity index (χ0n) is 75.2. The van der Waals surface area contributed by atoms with Gasteiger partial charge in [-0.25, -0.2) is 36.0 Å². The van der Waals surface area contributed by atoms with Crippen LogP contribution < -0.4 is 0 Å². The van der Waals surface area contributed by atoms with Crippen LogP contribution in [0.25, 0.3) is 0 Å². The third-order valence-electron chi connectivity index (χ3n) is 22.0. The number of hydrogen-bond acceptors (Lipinski definition) is 14. The summed E-state index contributed by atoms with van der Waals surface area (Å²) in [6.07, 6.45) is 102. The Morgan fingerprint density at radius 3 is 0.538 bits per heavy atom. The molecule has 0 radical (unpaired) electrons. The van der Waals surface area contributed by atoms with Gasteiger partial charge >= 0.3 is 61.6 Å². The zero-order chi connectivity index (χ0) is 84.4. The van der Waals surface area contributed by atoms with Gasteiger partial charge in [-0.2, -0.15) is 0 Å². The number of benzene rings is 2. The number of hydrogen-bond donors (Lipinski definition) is 0. The van der Waals surface area contributed by atoms with E-state index in [4.69, 9.17) is 18.9 Å². The number of rotatable bonds is 82. The minimum absolute atomic E-state index is 0. The summed E-state index contributed by atoms with van der Waals surface area (Å²) in [6.45, 7) is 9.76. The summed E-state index contributed by atoms with van der Waals surface area (Å²) >= 11 is 0. The molecule has 2 rings (SSSR count). The van der Waals surface area contributed by atoms with E-state index in [1.54, 1.807) is 0 Å². The van der Waals surface area contributed by atoms with E-state index in [-0.39, 0.29) is 86.4 Å². The standard InChI is InChI=1S/2C50H86O7S.Ca/c2*1-3-5-7-9-11-13-15-17-19-21-23-25-27-29-31-33-35-37-39-43-56-49(51)47-42-41-46(58(53,54)55)45-48(47)50(52)57-44-40-38-36-34-32-30-28-26-24-22-20-18-16-14-12-10-8-6-4-2;/h2*23-26,41-42,45H,3-22,27-40,43-44H2,1-2H3,(H,53,54,55);/q;;+2/p-2/b2*25-23+,26-24+;. The van der Waals surface area contributed by atoms with E-state index in [1.807, 2.05) is 0 Å². The number of esters is 4. The molecule has 117 heavy (non-hydrogen) atoms. The van der Waals surface area contributed by atoms with Gasteiger partial charge in [0.15, 0.2) is 0 Å². The molecule has 0 fully saturated rings. The summed E-state index contributed by atoms with van der Waals surface area (Å²) in [4.78, 5) is 50.6. The first kappa shape index (κ1) is 113. The van der Waals surface area contributed by atoms with Crippen LogP contribution in [0.2, 0.25) is 0 Å². The molecule has 0 amide bonds. The molecular weight excluding hydrogens is 1530 g/mol. The van der Waals surface area contributed by atoms with Crippen molar-refractivity contribution in [1.29, 1.82) is 0 Å². The Bertz CT molecular complexity index is 2810. The SMILES string of the molecule is CCCCCCCCCCC/C=C/CCCCCCCCOC(=O)c1ccc(S(=O)(=O)[O-])cc1C(=O)OCCCCCCCC/C=C/CCCCCCCCCCC.CCCCCCCCCCC/C=C/CCCCCCCCOC(=O)c1ccc(S(=O)(=O)[O-])cc1C(=O)OCCCCCCCC/C=C/CCCCCCCCCCC.[Ca+2]. The smallest absolute Gasteiger partial charge is 0.744 e. The summed E-state index contributed by atoms with van der Waals surface area (Å²) in [5.74, 6) is -3.11. The maximum absolute atomic E-state index is 13.0. The van der Waals surface area contributed by atoms with E-state index < -0.39 is 53.9 Å². The monoisotopic (exact) mass is 1700 g/mol. The van der Waals surface area contributed by atoms with Crippen LogP contribution in [0.4, 0.5) is 0 Å². The van der Waals surface area contributed by atoms with E-state index in [9.17, 15) is 45.1 Å². The molecule has 0 aliphatic heterocycles. The average Bonchev–Trinajstić information content (AvgIpc) is 0.814. The van der Waals surface area contributed by atoms with Crippen molar-refractivity contribution < 1.29 is 64.1 Å². The predicted octanol–water partition coefficient (Wildman–Crippen LogP) is 30.3. The van der Waals surface area contributed by atoms with E-state index in [0.717, 1.165) is 127 Å². The topological polar surface area (TPSA) is 220 Å². The first-order valence-corrected chi connectivity index (χ1v) is 50.9. The van der Waals surface area contributed by atoms with Gasteiger partial charge in [-0.05, 0) is 165 Å². The molecule has 0 heterocycles. The van der Waals surface area contributed by atoms with Crippen LogP contribution in [0.1, 0.15) is 506 Å². The molecule has 0 bridgehead atoms. The second-order valence-corrected chi connectivity index (χ2v) is 35.6. The van der Waals surface area contributed by atoms with Crippen LogP contribution in [-0.2, 0) is 39.2 Å². The van der Waals surface area contributed by atoms with Crippen molar-refractivity contribution >= 4 is 81.9 Å². The van der Waals surface area contributed by atoms with Crippen LogP contribution in [-0.4, -0.2) is 114 Å². The number of ether oxygens (including phenoxy) is 4. The second kappa shape index (κ2) is 84.6. The van der Waals surface area contributed by atoms with Crippen LogP contribution in [0, 0.1) is 0 Å². The van der Waals surface area contributed by atoms with Gasteiger partial charge in [-0.1, -0.05) is 385 Å². The van der Waals surface area contributed by atoms with Crippen LogP contribution in [0.5, 0.6) is 0 Å². The maximum atomic E-state index is 13.0. The average molecular weight is 1700 g/mol. The molecule has 0 aromatic heterocycles. The normalized spacial score (nSPS) is 11.8. The maximum Gasteiger partial charge on any atom is 2.00 e. The summed E-state index contributed by atoms with van der Waals surface area (Å²) in [5.41, 5.74) is -0.694. The van der Waals surface area contributed by atoms with Gasteiger partial charge < -0.3 is 28.1 Å². The van der Waals surface area contributed by atoms with Gasteiger partial charge in [0.2, 0.25) is 0 Å². The van der Waals surface area contributed by atoms with E-state index >= 15 is 0 Å². The van der Waals surface area contributed by atoms with Crippen molar-refractivity contribution in [2.45, 2.75) is 474 Å². The first-order chi connectivity index (χ1) is 56.6. The van der Waals surface area contributed by atoms with Crippen molar-refractivity contribution in [3.63, 3.8) is 0 Å². The Hall–Kier alpha value is -3.64. The van der Waals surface area contributed by atoms with Crippen molar-refractivity contribution in [1.82, 2.24) is 0 Å². The van der Waals surface area contributed by atoms with Crippen molar-refractivity contribution in [3.05, 3.63) is 107 Å². The molecule has 0 atom stereocenters. The molecule has 17 heteroatoms. The van der Waals surface area contributed by atoms with Crippen LogP contribution in [0.15, 0.2) is 94.8 Å². The van der Waals surface area contributed by atoms with Gasteiger partial charge in [0.05, 0.1) is 58.5 Å². The molecule has 0 saturated heterocycles. The molecule has 0 unspecified atom stereocenters.